The third kappa shape index (κ3) is 3.74. The van der Waals surface area contributed by atoms with Gasteiger partial charge in [-0.3, -0.25) is 9.59 Å². The van der Waals surface area contributed by atoms with Crippen molar-refractivity contribution in [1.29, 1.82) is 0 Å². The van der Waals surface area contributed by atoms with Crippen molar-refractivity contribution in [3.05, 3.63) is 47.0 Å². The Morgan fingerprint density at radius 2 is 1.89 bits per heavy atom. The molecule has 2 aromatic carbocycles. The average molecular weight is 418 g/mol. The van der Waals surface area contributed by atoms with Crippen LogP contribution in [0.4, 0.5) is 5.13 Å². The third-order valence-corrected chi connectivity index (χ3v) is 5.41. The fourth-order valence-corrected chi connectivity index (χ4v) is 3.82. The number of carbonyl (C=O) groups excluding carboxylic acids is 2. The highest BCUT2D eigenvalue weighted by atomic mass is 35.5. The van der Waals surface area contributed by atoms with Gasteiger partial charge in [-0.2, -0.15) is 0 Å². The average Bonchev–Trinajstić information content (AvgIpc) is 3.07. The quantitative estimate of drug-likeness (QED) is 0.678. The number of anilines is 1. The highest BCUT2D eigenvalue weighted by Gasteiger charge is 2.20. The molecule has 0 saturated heterocycles. The summed E-state index contributed by atoms with van der Waals surface area (Å²) in [6.45, 7) is 2.59. The van der Waals surface area contributed by atoms with E-state index in [4.69, 9.17) is 21.1 Å². The van der Waals surface area contributed by atoms with E-state index in [9.17, 15) is 9.59 Å². The van der Waals surface area contributed by atoms with Crippen molar-refractivity contribution in [2.24, 2.45) is 0 Å². The molecule has 0 bridgehead atoms. The summed E-state index contributed by atoms with van der Waals surface area (Å²) < 4.78 is 12.0. The molecular weight excluding hydrogens is 402 g/mol. The summed E-state index contributed by atoms with van der Waals surface area (Å²) in [5, 5.41) is 6.13. The van der Waals surface area contributed by atoms with E-state index >= 15 is 0 Å². The molecule has 0 unspecified atom stereocenters. The van der Waals surface area contributed by atoms with Crippen LogP contribution in [0.2, 0.25) is 5.02 Å². The molecule has 4 rings (SSSR count). The molecule has 144 valence electrons. The molecule has 0 fully saturated rings. The number of hydrogen-bond donors (Lipinski definition) is 2. The number of amides is 2. The van der Waals surface area contributed by atoms with Crippen LogP contribution in [0.5, 0.6) is 11.5 Å². The van der Waals surface area contributed by atoms with Gasteiger partial charge in [0.15, 0.2) is 16.6 Å². The van der Waals surface area contributed by atoms with Crippen molar-refractivity contribution in [3.8, 4) is 11.5 Å². The summed E-state index contributed by atoms with van der Waals surface area (Å²) in [4.78, 5) is 29.2. The number of thiazole rings is 1. The summed E-state index contributed by atoms with van der Waals surface area (Å²) in [5.41, 5.74) is 1.02. The molecule has 2 heterocycles. The summed E-state index contributed by atoms with van der Waals surface area (Å²) >= 11 is 7.34. The molecule has 2 N–H and O–H groups in total. The Balaban J connectivity index is 1.45. The van der Waals surface area contributed by atoms with Gasteiger partial charge in [-0.25, -0.2) is 4.98 Å². The monoisotopic (exact) mass is 417 g/mol. The van der Waals surface area contributed by atoms with Crippen LogP contribution < -0.4 is 20.1 Å². The Hall–Kier alpha value is -2.84. The normalized spacial score (nSPS) is 13.8. The maximum Gasteiger partial charge on any atom is 0.253 e. The van der Waals surface area contributed by atoms with Crippen LogP contribution in [-0.2, 0) is 4.79 Å². The van der Waals surface area contributed by atoms with Gasteiger partial charge < -0.3 is 20.1 Å². The largest absolute Gasteiger partial charge is 0.486 e. The molecule has 3 aromatic rings. The van der Waals surface area contributed by atoms with Gasteiger partial charge in [0.2, 0.25) is 5.91 Å². The standard InChI is InChI=1S/C19H16ClN3O4S/c1-10(21-18(25)11-4-2-3-5-12(11)20)17(24)23-19-22-13-8-14-15(9-16(13)28-19)27-7-6-26-14/h2-5,8-10H,6-7H2,1H3,(H,21,25)(H,22,23,24)/t10-/m0/s1. The zero-order chi connectivity index (χ0) is 19.7. The van der Waals surface area contributed by atoms with Crippen LogP contribution in [-0.4, -0.2) is 36.1 Å². The number of rotatable bonds is 4. The number of hydrogen-bond acceptors (Lipinski definition) is 6. The van der Waals surface area contributed by atoms with Crippen LogP contribution in [0.3, 0.4) is 0 Å². The molecular formula is C19H16ClN3O4S. The molecule has 1 atom stereocenters. The number of benzene rings is 2. The van der Waals surface area contributed by atoms with Crippen molar-refractivity contribution in [3.63, 3.8) is 0 Å². The van der Waals surface area contributed by atoms with Crippen molar-refractivity contribution in [2.45, 2.75) is 13.0 Å². The number of aromatic nitrogens is 1. The lowest BCUT2D eigenvalue weighted by atomic mass is 10.2. The first-order chi connectivity index (χ1) is 13.5. The van der Waals surface area contributed by atoms with E-state index in [1.165, 1.54) is 11.3 Å². The van der Waals surface area contributed by atoms with E-state index in [-0.39, 0.29) is 5.91 Å². The number of nitrogens with zero attached hydrogens (tertiary/aromatic N) is 1. The van der Waals surface area contributed by atoms with E-state index in [1.807, 2.05) is 6.07 Å². The molecule has 28 heavy (non-hydrogen) atoms. The molecule has 0 saturated carbocycles. The zero-order valence-corrected chi connectivity index (χ0v) is 16.4. The summed E-state index contributed by atoms with van der Waals surface area (Å²) in [7, 11) is 0. The van der Waals surface area contributed by atoms with E-state index < -0.39 is 11.9 Å². The summed E-state index contributed by atoms with van der Waals surface area (Å²) in [6.07, 6.45) is 0. The Labute approximate surface area is 169 Å². The SMILES string of the molecule is C[C@H](NC(=O)c1ccccc1Cl)C(=O)Nc1nc2cc3c(cc2s1)OCCO3. The predicted octanol–water partition coefficient (Wildman–Crippen LogP) is 3.48. The molecule has 0 aliphatic carbocycles. The minimum atomic E-state index is -0.768. The highest BCUT2D eigenvalue weighted by molar-refractivity contribution is 7.22. The first kappa shape index (κ1) is 18.5. The highest BCUT2D eigenvalue weighted by Crippen LogP contribution is 2.37. The number of fused-ring (bicyclic) bond motifs is 2. The van der Waals surface area contributed by atoms with Crippen molar-refractivity contribution in [2.75, 3.05) is 18.5 Å². The van der Waals surface area contributed by atoms with Crippen LogP contribution in [0.15, 0.2) is 36.4 Å². The second-order valence-electron chi connectivity index (χ2n) is 6.15. The van der Waals surface area contributed by atoms with Gasteiger partial charge in [0.05, 0.1) is 20.8 Å². The Kier molecular flexibility index (Phi) is 5.06. The lowest BCUT2D eigenvalue weighted by Gasteiger charge is -2.17. The number of ether oxygens (including phenoxy) is 2. The maximum atomic E-state index is 12.5. The lowest BCUT2D eigenvalue weighted by Crippen LogP contribution is -2.41. The smallest absolute Gasteiger partial charge is 0.253 e. The lowest BCUT2D eigenvalue weighted by molar-refractivity contribution is -0.117. The number of carbonyl (C=O) groups is 2. The van der Waals surface area contributed by atoms with Gasteiger partial charge >= 0.3 is 0 Å². The summed E-state index contributed by atoms with van der Waals surface area (Å²) in [6, 6.07) is 9.53. The molecule has 2 amide bonds. The van der Waals surface area contributed by atoms with Crippen LogP contribution in [0, 0.1) is 0 Å². The van der Waals surface area contributed by atoms with Gasteiger partial charge in [-0.1, -0.05) is 35.1 Å². The molecule has 7 nitrogen and oxygen atoms in total. The minimum Gasteiger partial charge on any atom is -0.486 e. The predicted molar refractivity (Wildman–Crippen MR) is 108 cm³/mol. The fourth-order valence-electron chi connectivity index (χ4n) is 2.72. The second-order valence-corrected chi connectivity index (χ2v) is 7.58. The molecule has 1 aliphatic heterocycles. The number of nitrogens with one attached hydrogen (secondary N) is 2. The van der Waals surface area contributed by atoms with Gasteiger partial charge in [0.25, 0.3) is 5.91 Å². The second kappa shape index (κ2) is 7.65. The van der Waals surface area contributed by atoms with E-state index in [0.29, 0.717) is 45.9 Å². The molecule has 1 aromatic heterocycles. The van der Waals surface area contributed by atoms with E-state index in [1.54, 1.807) is 37.3 Å². The van der Waals surface area contributed by atoms with Crippen LogP contribution in [0.25, 0.3) is 10.2 Å². The van der Waals surface area contributed by atoms with E-state index in [2.05, 4.69) is 15.6 Å². The molecule has 0 spiro atoms. The van der Waals surface area contributed by atoms with Crippen LogP contribution >= 0.6 is 22.9 Å². The fraction of sp³-hybridized carbons (Fsp3) is 0.211. The Morgan fingerprint density at radius 3 is 2.64 bits per heavy atom. The molecule has 0 radical (unpaired) electrons. The van der Waals surface area contributed by atoms with Gasteiger partial charge in [-0.15, -0.1) is 0 Å². The van der Waals surface area contributed by atoms with Crippen molar-refractivity contribution in [1.82, 2.24) is 10.3 Å². The van der Waals surface area contributed by atoms with Gasteiger partial charge in [-0.05, 0) is 19.1 Å². The van der Waals surface area contributed by atoms with Crippen molar-refractivity contribution < 1.29 is 19.1 Å². The molecule has 9 heteroatoms. The first-order valence-corrected chi connectivity index (χ1v) is 9.77. The van der Waals surface area contributed by atoms with Crippen molar-refractivity contribution >= 4 is 50.1 Å². The molecule has 1 aliphatic rings. The Bertz CT molecular complexity index is 1030. The van der Waals surface area contributed by atoms with Crippen LogP contribution in [0.1, 0.15) is 17.3 Å². The topological polar surface area (TPSA) is 89.6 Å². The minimum absolute atomic E-state index is 0.314. The zero-order valence-electron chi connectivity index (χ0n) is 14.8. The Morgan fingerprint density at radius 1 is 1.18 bits per heavy atom. The summed E-state index contributed by atoms with van der Waals surface area (Å²) in [5.74, 6) is 0.513. The van der Waals surface area contributed by atoms with Gasteiger partial charge in [0, 0.05) is 12.1 Å². The van der Waals surface area contributed by atoms with E-state index in [0.717, 1.165) is 4.70 Å². The first-order valence-electron chi connectivity index (χ1n) is 8.58. The third-order valence-electron chi connectivity index (χ3n) is 4.14. The number of halogens is 1. The maximum absolute atomic E-state index is 12.5. The van der Waals surface area contributed by atoms with Gasteiger partial charge in [0.1, 0.15) is 19.3 Å².